The van der Waals surface area contributed by atoms with Gasteiger partial charge in [-0.2, -0.15) is 0 Å². The predicted molar refractivity (Wildman–Crippen MR) is 84.3 cm³/mol. The van der Waals surface area contributed by atoms with Crippen molar-refractivity contribution in [2.45, 2.75) is 31.2 Å². The first-order valence-electron chi connectivity index (χ1n) is 8.00. The molecule has 2 N–H and O–H groups in total. The number of hydrogen-bond acceptors (Lipinski definition) is 3. The van der Waals surface area contributed by atoms with Crippen molar-refractivity contribution in [3.05, 3.63) is 35.9 Å². The number of piperidine rings is 1. The zero-order valence-electron chi connectivity index (χ0n) is 12.8. The molecule has 0 unspecified atom stereocenters. The summed E-state index contributed by atoms with van der Waals surface area (Å²) in [7, 11) is 0. The maximum absolute atomic E-state index is 12.1. The van der Waals surface area contributed by atoms with Gasteiger partial charge in [0.05, 0.1) is 0 Å². The van der Waals surface area contributed by atoms with Crippen LogP contribution < -0.4 is 10.6 Å². The Balaban J connectivity index is 1.55. The van der Waals surface area contributed by atoms with Crippen molar-refractivity contribution < 1.29 is 4.79 Å². The lowest BCUT2D eigenvalue weighted by Gasteiger charge is -2.44. The number of piperazine rings is 1. The summed E-state index contributed by atoms with van der Waals surface area (Å²) in [6.45, 7) is 7.00. The van der Waals surface area contributed by atoms with Crippen LogP contribution in [0.5, 0.6) is 0 Å². The van der Waals surface area contributed by atoms with Gasteiger partial charge in [0.1, 0.15) is 5.54 Å². The number of nitrogens with one attached hydrogen (secondary N) is 2. The molecule has 2 aliphatic heterocycles. The fraction of sp³-hybridized carbons (Fsp3) is 0.588. The Bertz CT molecular complexity index is 480. The molecule has 2 saturated heterocycles. The van der Waals surface area contributed by atoms with Gasteiger partial charge in [0.2, 0.25) is 5.91 Å². The lowest BCUT2D eigenvalue weighted by Crippen LogP contribution is -2.66. The maximum Gasteiger partial charge on any atom is 0.240 e. The number of rotatable bonds is 3. The summed E-state index contributed by atoms with van der Waals surface area (Å²) >= 11 is 0. The number of benzene rings is 1. The van der Waals surface area contributed by atoms with Gasteiger partial charge in [0.25, 0.3) is 0 Å². The van der Waals surface area contributed by atoms with Crippen LogP contribution in [-0.2, 0) is 4.79 Å². The number of likely N-dealkylation sites (tertiary alicyclic amines) is 1. The number of carbonyl (C=O) groups is 1. The summed E-state index contributed by atoms with van der Waals surface area (Å²) in [5, 5.41) is 6.46. The van der Waals surface area contributed by atoms with E-state index in [9.17, 15) is 4.79 Å². The van der Waals surface area contributed by atoms with E-state index in [4.69, 9.17) is 0 Å². The fourth-order valence-corrected chi connectivity index (χ4v) is 3.52. The molecule has 3 rings (SSSR count). The van der Waals surface area contributed by atoms with Crippen LogP contribution in [0.25, 0.3) is 0 Å². The first-order valence-corrected chi connectivity index (χ1v) is 8.00. The largest absolute Gasteiger partial charge is 0.353 e. The van der Waals surface area contributed by atoms with E-state index < -0.39 is 0 Å². The van der Waals surface area contributed by atoms with Crippen LogP contribution in [0, 0.1) is 0 Å². The lowest BCUT2D eigenvalue weighted by atomic mass is 9.84. The Morgan fingerprint density at radius 2 is 1.90 bits per heavy atom. The van der Waals surface area contributed by atoms with Gasteiger partial charge in [-0.05, 0) is 24.3 Å². The topological polar surface area (TPSA) is 44.4 Å². The van der Waals surface area contributed by atoms with Gasteiger partial charge in [0.15, 0.2) is 0 Å². The Hall–Kier alpha value is -1.39. The first-order chi connectivity index (χ1) is 10.2. The molecule has 2 heterocycles. The zero-order chi connectivity index (χ0) is 14.7. The Morgan fingerprint density at radius 3 is 2.57 bits per heavy atom. The van der Waals surface area contributed by atoms with Gasteiger partial charge in [-0.3, -0.25) is 4.79 Å². The average molecular weight is 287 g/mol. The molecule has 1 aromatic carbocycles. The number of amides is 1. The normalized spacial score (nSPS) is 23.8. The van der Waals surface area contributed by atoms with Gasteiger partial charge in [0, 0.05) is 32.7 Å². The highest BCUT2D eigenvalue weighted by molar-refractivity contribution is 5.87. The third kappa shape index (κ3) is 3.11. The Morgan fingerprint density at radius 1 is 1.19 bits per heavy atom. The summed E-state index contributed by atoms with van der Waals surface area (Å²) in [4.78, 5) is 14.6. The van der Waals surface area contributed by atoms with E-state index in [-0.39, 0.29) is 11.4 Å². The van der Waals surface area contributed by atoms with Gasteiger partial charge in [-0.1, -0.05) is 37.3 Å². The van der Waals surface area contributed by atoms with Crippen molar-refractivity contribution in [3.8, 4) is 0 Å². The van der Waals surface area contributed by atoms with E-state index >= 15 is 0 Å². The summed E-state index contributed by atoms with van der Waals surface area (Å²) < 4.78 is 0. The summed E-state index contributed by atoms with van der Waals surface area (Å²) in [5.74, 6) is 0.734. The minimum atomic E-state index is -0.301. The van der Waals surface area contributed by atoms with E-state index in [1.54, 1.807) is 0 Å². The minimum absolute atomic E-state index is 0.199. The van der Waals surface area contributed by atoms with E-state index in [1.807, 2.05) is 0 Å². The van der Waals surface area contributed by atoms with Crippen molar-refractivity contribution in [2.24, 2.45) is 0 Å². The molecule has 2 fully saturated rings. The van der Waals surface area contributed by atoms with Crippen LogP contribution in [-0.4, -0.2) is 49.1 Å². The van der Waals surface area contributed by atoms with Gasteiger partial charge in [-0.25, -0.2) is 0 Å². The van der Waals surface area contributed by atoms with Crippen LogP contribution in [0.15, 0.2) is 30.3 Å². The van der Waals surface area contributed by atoms with Gasteiger partial charge >= 0.3 is 0 Å². The fourth-order valence-electron chi connectivity index (χ4n) is 3.52. The van der Waals surface area contributed by atoms with Crippen LogP contribution in [0.4, 0.5) is 0 Å². The molecule has 0 aromatic heterocycles. The second-order valence-corrected chi connectivity index (χ2v) is 6.38. The molecule has 1 spiro atoms. The third-order valence-corrected chi connectivity index (χ3v) is 4.92. The average Bonchev–Trinajstić information content (AvgIpc) is 2.53. The second kappa shape index (κ2) is 6.16. The highest BCUT2D eigenvalue weighted by Crippen LogP contribution is 2.26. The molecule has 0 radical (unpaired) electrons. The number of nitrogens with zero attached hydrogens (tertiary/aromatic N) is 1. The smallest absolute Gasteiger partial charge is 0.240 e. The zero-order valence-corrected chi connectivity index (χ0v) is 12.8. The van der Waals surface area contributed by atoms with Crippen LogP contribution in [0.3, 0.4) is 0 Å². The molecule has 1 amide bonds. The van der Waals surface area contributed by atoms with Gasteiger partial charge in [-0.15, -0.1) is 0 Å². The predicted octanol–water partition coefficient (Wildman–Crippen LogP) is 1.34. The van der Waals surface area contributed by atoms with E-state index in [2.05, 4.69) is 52.8 Å². The molecular formula is C17H25N3O. The van der Waals surface area contributed by atoms with Crippen LogP contribution in [0.2, 0.25) is 0 Å². The highest BCUT2D eigenvalue weighted by atomic mass is 16.2. The van der Waals surface area contributed by atoms with Crippen LogP contribution >= 0.6 is 0 Å². The first kappa shape index (κ1) is 14.5. The molecule has 2 aliphatic rings. The molecule has 4 nitrogen and oxygen atoms in total. The van der Waals surface area contributed by atoms with Gasteiger partial charge < -0.3 is 15.5 Å². The molecule has 1 aromatic rings. The maximum atomic E-state index is 12.1. The van der Waals surface area contributed by atoms with E-state index in [0.717, 1.165) is 45.6 Å². The standard InChI is InChI=1S/C17H25N3O/c1-14(15-5-3-2-4-6-15)13-20-11-7-17(8-12-20)16(21)18-9-10-19-17/h2-6,14,19H,7-13H2,1H3,(H,18,21)/t14-/m0/s1. The summed E-state index contributed by atoms with van der Waals surface area (Å²) in [6, 6.07) is 10.7. The number of hydrogen-bond donors (Lipinski definition) is 2. The van der Waals surface area contributed by atoms with Crippen molar-refractivity contribution in [2.75, 3.05) is 32.7 Å². The molecule has 114 valence electrons. The second-order valence-electron chi connectivity index (χ2n) is 6.38. The van der Waals surface area contributed by atoms with Crippen molar-refractivity contribution >= 4 is 5.91 Å². The Labute approximate surface area is 126 Å². The molecule has 0 saturated carbocycles. The summed E-state index contributed by atoms with van der Waals surface area (Å²) in [5.41, 5.74) is 1.09. The Kier molecular flexibility index (Phi) is 4.27. The van der Waals surface area contributed by atoms with E-state index in [1.165, 1.54) is 5.56 Å². The quantitative estimate of drug-likeness (QED) is 0.882. The lowest BCUT2D eigenvalue weighted by molar-refractivity contribution is -0.131. The van der Waals surface area contributed by atoms with Crippen molar-refractivity contribution in [3.63, 3.8) is 0 Å². The van der Waals surface area contributed by atoms with E-state index in [0.29, 0.717) is 5.92 Å². The molecule has 1 atom stereocenters. The summed E-state index contributed by atoms with van der Waals surface area (Å²) in [6.07, 6.45) is 1.83. The molecule has 21 heavy (non-hydrogen) atoms. The minimum Gasteiger partial charge on any atom is -0.353 e. The van der Waals surface area contributed by atoms with Crippen molar-refractivity contribution in [1.29, 1.82) is 0 Å². The number of carbonyl (C=O) groups excluding carboxylic acids is 1. The SMILES string of the molecule is C[C@@H](CN1CCC2(CC1)NCCNC2=O)c1ccccc1. The third-order valence-electron chi connectivity index (χ3n) is 4.92. The highest BCUT2D eigenvalue weighted by Gasteiger charge is 2.42. The van der Waals surface area contributed by atoms with Crippen molar-refractivity contribution in [1.82, 2.24) is 15.5 Å². The molecule has 4 heteroatoms. The van der Waals surface area contributed by atoms with Crippen LogP contribution in [0.1, 0.15) is 31.2 Å². The molecule has 0 aliphatic carbocycles. The monoisotopic (exact) mass is 287 g/mol. The molecule has 0 bridgehead atoms. The molecular weight excluding hydrogens is 262 g/mol.